The van der Waals surface area contributed by atoms with Gasteiger partial charge in [0.2, 0.25) is 0 Å². The van der Waals surface area contributed by atoms with Crippen molar-refractivity contribution in [3.05, 3.63) is 179 Å². The van der Waals surface area contributed by atoms with Gasteiger partial charge >= 0.3 is 0 Å². The van der Waals surface area contributed by atoms with E-state index >= 15 is 0 Å². The molecule has 0 aromatic heterocycles. The van der Waals surface area contributed by atoms with Gasteiger partial charge in [0.15, 0.2) is 0 Å². The monoisotopic (exact) mass is 698 g/mol. The van der Waals surface area contributed by atoms with Crippen LogP contribution in [0, 0.1) is 20.8 Å². The molecule has 0 fully saturated rings. The first kappa shape index (κ1) is 42.2. The number of aryl methyl sites for hydroxylation is 5. The molecular formula is C53H62. The molecule has 0 heteroatoms. The fraction of sp³-hybridized carbons (Fsp3) is 0.245. The third-order valence-corrected chi connectivity index (χ3v) is 9.24. The van der Waals surface area contributed by atoms with Crippen LogP contribution in [0.3, 0.4) is 0 Å². The Bertz CT molecular complexity index is 2230. The Labute approximate surface area is 321 Å². The van der Waals surface area contributed by atoms with Gasteiger partial charge in [-0.3, -0.25) is 0 Å². The van der Waals surface area contributed by atoms with Crippen molar-refractivity contribution < 1.29 is 0 Å². The third kappa shape index (κ3) is 10.5. The topological polar surface area (TPSA) is 0 Å². The van der Waals surface area contributed by atoms with Crippen molar-refractivity contribution in [2.45, 2.75) is 89.0 Å². The first-order valence-corrected chi connectivity index (χ1v) is 20.0. The number of benzene rings is 8. The third-order valence-electron chi connectivity index (χ3n) is 9.24. The molecule has 0 amide bonds. The standard InChI is InChI=1S/2C15H12.C15H14.4C2H6/c1-11-14-8-4-2-6-12(14)10-13-7-3-5-9-15(11)13;1-11-5-4-8-14-9-12-6-2-3-7-13(12)10-15(11)14;1-11-6-7-13-9-8-12-4-2-3-5-14(12)15(13)10-11;4*1-2/h2*2-10H,1H3;2-7,10H,8-9H2,1H3;4*1-2H3. The molecule has 0 nitrogen and oxygen atoms in total. The molecule has 0 unspecified atom stereocenters. The predicted octanol–water partition coefficient (Wildman–Crippen LogP) is 16.5. The summed E-state index contributed by atoms with van der Waals surface area (Å²) in [4.78, 5) is 0. The molecule has 8 aromatic carbocycles. The van der Waals surface area contributed by atoms with Gasteiger partial charge in [0.05, 0.1) is 0 Å². The highest BCUT2D eigenvalue weighted by Crippen LogP contribution is 2.34. The van der Waals surface area contributed by atoms with Crippen LogP contribution in [0.25, 0.3) is 54.2 Å². The second kappa shape index (κ2) is 22.0. The molecule has 0 aliphatic heterocycles. The van der Waals surface area contributed by atoms with Crippen LogP contribution in [-0.4, -0.2) is 0 Å². The second-order valence-electron chi connectivity index (χ2n) is 12.3. The quantitative estimate of drug-likeness (QED) is 0.138. The zero-order chi connectivity index (χ0) is 38.8. The molecule has 0 bridgehead atoms. The van der Waals surface area contributed by atoms with Crippen LogP contribution < -0.4 is 0 Å². The lowest BCUT2D eigenvalue weighted by Crippen LogP contribution is -2.03. The van der Waals surface area contributed by atoms with E-state index in [-0.39, 0.29) is 0 Å². The zero-order valence-corrected chi connectivity index (χ0v) is 34.3. The SMILES string of the molecule is CC.CC.CC.CC.Cc1c2ccccc2cc2ccccc12.Cc1ccc2c(c1)-c1ccccc1CC2.Cc1cccc2cc3ccccc3cc12. The normalized spacial score (nSPS) is 10.4. The summed E-state index contributed by atoms with van der Waals surface area (Å²) < 4.78 is 0. The van der Waals surface area contributed by atoms with E-state index in [2.05, 4.69) is 172 Å². The van der Waals surface area contributed by atoms with E-state index < -0.39 is 0 Å². The molecule has 0 radical (unpaired) electrons. The summed E-state index contributed by atoms with van der Waals surface area (Å²) in [6, 6.07) is 54.5. The molecule has 8 aromatic rings. The molecule has 0 atom stereocenters. The Balaban J connectivity index is 0.000000195. The molecule has 0 N–H and O–H groups in total. The van der Waals surface area contributed by atoms with E-state index in [1.165, 1.54) is 94.9 Å². The maximum Gasteiger partial charge on any atom is -0.0146 e. The lowest BCUT2D eigenvalue weighted by atomic mass is 9.85. The zero-order valence-electron chi connectivity index (χ0n) is 34.3. The average Bonchev–Trinajstić information content (AvgIpc) is 3.24. The van der Waals surface area contributed by atoms with Crippen LogP contribution in [0.4, 0.5) is 0 Å². The average molecular weight is 699 g/mol. The van der Waals surface area contributed by atoms with E-state index in [1.807, 2.05) is 55.4 Å². The van der Waals surface area contributed by atoms with E-state index in [4.69, 9.17) is 0 Å². The van der Waals surface area contributed by atoms with Crippen molar-refractivity contribution in [1.82, 2.24) is 0 Å². The Morgan fingerprint density at radius 1 is 0.321 bits per heavy atom. The van der Waals surface area contributed by atoms with Crippen LogP contribution >= 0.6 is 0 Å². The minimum atomic E-state index is 1.19. The second-order valence-corrected chi connectivity index (χ2v) is 12.3. The van der Waals surface area contributed by atoms with Crippen molar-refractivity contribution >= 4 is 43.1 Å². The van der Waals surface area contributed by atoms with Crippen LogP contribution in [-0.2, 0) is 12.8 Å². The van der Waals surface area contributed by atoms with Gasteiger partial charge in [-0.25, -0.2) is 0 Å². The van der Waals surface area contributed by atoms with Gasteiger partial charge in [-0.15, -0.1) is 0 Å². The maximum absolute atomic E-state index is 2.31. The van der Waals surface area contributed by atoms with Gasteiger partial charge in [0.25, 0.3) is 0 Å². The summed E-state index contributed by atoms with van der Waals surface area (Å²) in [6.45, 7) is 22.5. The van der Waals surface area contributed by atoms with E-state index in [9.17, 15) is 0 Å². The molecule has 9 rings (SSSR count). The highest BCUT2D eigenvalue weighted by Gasteiger charge is 2.14. The molecule has 0 saturated carbocycles. The van der Waals surface area contributed by atoms with Crippen LogP contribution in [0.2, 0.25) is 0 Å². The van der Waals surface area contributed by atoms with Gasteiger partial charge in [-0.05, 0) is 128 Å². The Morgan fingerprint density at radius 2 is 0.755 bits per heavy atom. The minimum absolute atomic E-state index is 1.19. The van der Waals surface area contributed by atoms with Gasteiger partial charge in [0, 0.05) is 0 Å². The number of fused-ring (bicyclic) bond motifs is 7. The van der Waals surface area contributed by atoms with Crippen LogP contribution in [0.1, 0.15) is 83.2 Å². The molecule has 0 spiro atoms. The van der Waals surface area contributed by atoms with E-state index in [0.717, 1.165) is 0 Å². The summed E-state index contributed by atoms with van der Waals surface area (Å²) >= 11 is 0. The summed E-state index contributed by atoms with van der Waals surface area (Å²) in [7, 11) is 0. The highest BCUT2D eigenvalue weighted by molar-refractivity contribution is 6.02. The minimum Gasteiger partial charge on any atom is -0.0683 e. The van der Waals surface area contributed by atoms with Crippen LogP contribution in [0.15, 0.2) is 152 Å². The molecule has 0 heterocycles. The van der Waals surface area contributed by atoms with Gasteiger partial charge in [0.1, 0.15) is 0 Å². The fourth-order valence-corrected chi connectivity index (χ4v) is 6.79. The van der Waals surface area contributed by atoms with Crippen molar-refractivity contribution in [3.63, 3.8) is 0 Å². The number of hydrogen-bond donors (Lipinski definition) is 0. The molecule has 0 saturated heterocycles. The maximum atomic E-state index is 2.31. The van der Waals surface area contributed by atoms with E-state index in [1.54, 1.807) is 0 Å². The molecule has 1 aliphatic carbocycles. The lowest BCUT2D eigenvalue weighted by Gasteiger charge is -2.19. The smallest absolute Gasteiger partial charge is 0.0146 e. The Morgan fingerprint density at radius 3 is 1.36 bits per heavy atom. The van der Waals surface area contributed by atoms with Gasteiger partial charge in [-0.2, -0.15) is 0 Å². The first-order valence-electron chi connectivity index (χ1n) is 20.0. The summed E-state index contributed by atoms with van der Waals surface area (Å²) in [5.74, 6) is 0. The molecule has 274 valence electrons. The highest BCUT2D eigenvalue weighted by atomic mass is 14.2. The first-order chi connectivity index (χ1) is 26.0. The predicted molar refractivity (Wildman–Crippen MR) is 242 cm³/mol. The molecular weight excluding hydrogens is 637 g/mol. The van der Waals surface area contributed by atoms with Crippen molar-refractivity contribution in [2.75, 3.05) is 0 Å². The summed E-state index contributed by atoms with van der Waals surface area (Å²) in [6.07, 6.45) is 2.37. The van der Waals surface area contributed by atoms with Crippen molar-refractivity contribution in [3.8, 4) is 11.1 Å². The number of hydrogen-bond acceptors (Lipinski definition) is 0. The van der Waals surface area contributed by atoms with E-state index in [0.29, 0.717) is 0 Å². The van der Waals surface area contributed by atoms with Crippen LogP contribution in [0.5, 0.6) is 0 Å². The Hall–Kier alpha value is -5.20. The number of rotatable bonds is 0. The summed E-state index contributed by atoms with van der Waals surface area (Å²) in [5.41, 5.74) is 9.95. The summed E-state index contributed by atoms with van der Waals surface area (Å²) in [5, 5.41) is 10.7. The van der Waals surface area contributed by atoms with Crippen molar-refractivity contribution in [1.29, 1.82) is 0 Å². The van der Waals surface area contributed by atoms with Gasteiger partial charge < -0.3 is 0 Å². The van der Waals surface area contributed by atoms with Crippen molar-refractivity contribution in [2.24, 2.45) is 0 Å². The largest absolute Gasteiger partial charge is 0.0683 e. The molecule has 53 heavy (non-hydrogen) atoms. The molecule has 1 aliphatic rings. The lowest BCUT2D eigenvalue weighted by molar-refractivity contribution is 0.941. The van der Waals surface area contributed by atoms with Gasteiger partial charge in [-0.1, -0.05) is 194 Å². The Kier molecular flexibility index (Phi) is 17.5. The fourth-order valence-electron chi connectivity index (χ4n) is 6.79.